The van der Waals surface area contributed by atoms with E-state index < -0.39 is 11.7 Å². The maximum absolute atomic E-state index is 12.9. The lowest BCUT2D eigenvalue weighted by Crippen LogP contribution is -2.46. The molecule has 2 nitrogen and oxygen atoms in total. The number of benzene rings is 1. The molecule has 0 amide bonds. The van der Waals surface area contributed by atoms with Crippen LogP contribution >= 0.6 is 11.6 Å². The smallest absolute Gasteiger partial charge is 0.370 e. The van der Waals surface area contributed by atoms with Crippen LogP contribution in [-0.2, 0) is 6.18 Å². The first-order chi connectivity index (χ1) is 9.93. The standard InChI is InChI=1S/C15H18ClF3N2/c16-14-6-5-12(8-13(14)15(17,18)19)21-7-1-2-11(9-21)20-10-3-4-10/h5-6,8,10-11,20H,1-4,7,9H2. The number of anilines is 1. The van der Waals surface area contributed by atoms with Crippen molar-refractivity contribution in [2.24, 2.45) is 0 Å². The van der Waals surface area contributed by atoms with Crippen LogP contribution in [0.15, 0.2) is 18.2 Å². The van der Waals surface area contributed by atoms with Gasteiger partial charge >= 0.3 is 6.18 Å². The monoisotopic (exact) mass is 318 g/mol. The molecule has 1 saturated heterocycles. The van der Waals surface area contributed by atoms with Gasteiger partial charge in [-0.15, -0.1) is 0 Å². The SMILES string of the molecule is FC(F)(F)c1cc(N2CCCC(NC3CC3)C2)ccc1Cl. The Morgan fingerprint density at radius 2 is 1.90 bits per heavy atom. The molecule has 1 saturated carbocycles. The van der Waals surface area contributed by atoms with Crippen molar-refractivity contribution in [2.75, 3.05) is 18.0 Å². The zero-order valence-corrected chi connectivity index (χ0v) is 12.3. The highest BCUT2D eigenvalue weighted by Gasteiger charge is 2.34. The molecule has 2 aliphatic rings. The normalized spacial score (nSPS) is 23.4. The number of halogens is 4. The fraction of sp³-hybridized carbons (Fsp3) is 0.600. The predicted molar refractivity (Wildman–Crippen MR) is 77.8 cm³/mol. The lowest BCUT2D eigenvalue weighted by atomic mass is 10.0. The fourth-order valence-electron chi connectivity index (χ4n) is 2.86. The molecule has 3 rings (SSSR count). The number of hydrogen-bond donors (Lipinski definition) is 1. The van der Waals surface area contributed by atoms with Gasteiger partial charge in [0.1, 0.15) is 0 Å². The van der Waals surface area contributed by atoms with E-state index in [-0.39, 0.29) is 5.02 Å². The van der Waals surface area contributed by atoms with Gasteiger partial charge in [0.05, 0.1) is 10.6 Å². The third-order valence-electron chi connectivity index (χ3n) is 4.09. The number of rotatable bonds is 3. The summed E-state index contributed by atoms with van der Waals surface area (Å²) in [6.45, 7) is 1.55. The Morgan fingerprint density at radius 3 is 2.57 bits per heavy atom. The molecule has 116 valence electrons. The van der Waals surface area contributed by atoms with Crippen molar-refractivity contribution < 1.29 is 13.2 Å². The van der Waals surface area contributed by atoms with Gasteiger partial charge in [-0.2, -0.15) is 13.2 Å². The highest BCUT2D eigenvalue weighted by molar-refractivity contribution is 6.31. The maximum Gasteiger partial charge on any atom is 0.417 e. The van der Waals surface area contributed by atoms with Gasteiger partial charge in [0.25, 0.3) is 0 Å². The molecule has 1 N–H and O–H groups in total. The second kappa shape index (κ2) is 5.69. The summed E-state index contributed by atoms with van der Waals surface area (Å²) in [6.07, 6.45) is 0.112. The van der Waals surface area contributed by atoms with Crippen molar-refractivity contribution in [1.82, 2.24) is 5.32 Å². The first-order valence-electron chi connectivity index (χ1n) is 7.31. The number of piperidine rings is 1. The Hall–Kier alpha value is -0.940. The van der Waals surface area contributed by atoms with Crippen molar-refractivity contribution in [3.8, 4) is 0 Å². The largest absolute Gasteiger partial charge is 0.417 e. The molecule has 1 aromatic carbocycles. The Morgan fingerprint density at radius 1 is 1.14 bits per heavy atom. The Kier molecular flexibility index (Phi) is 4.06. The van der Waals surface area contributed by atoms with Crippen LogP contribution in [0.1, 0.15) is 31.2 Å². The van der Waals surface area contributed by atoms with Crippen LogP contribution in [0.4, 0.5) is 18.9 Å². The third kappa shape index (κ3) is 3.64. The summed E-state index contributed by atoms with van der Waals surface area (Å²) < 4.78 is 38.8. The number of alkyl halides is 3. The average Bonchev–Trinajstić information content (AvgIpc) is 3.22. The fourth-order valence-corrected chi connectivity index (χ4v) is 3.08. The minimum absolute atomic E-state index is 0.240. The van der Waals surface area contributed by atoms with Gasteiger partial charge in [-0.05, 0) is 43.9 Å². The zero-order valence-electron chi connectivity index (χ0n) is 11.6. The van der Waals surface area contributed by atoms with Crippen LogP contribution in [-0.4, -0.2) is 25.2 Å². The first-order valence-corrected chi connectivity index (χ1v) is 7.69. The molecule has 1 aliphatic heterocycles. The highest BCUT2D eigenvalue weighted by Crippen LogP contribution is 2.37. The van der Waals surface area contributed by atoms with Gasteiger partial charge in [-0.25, -0.2) is 0 Å². The van der Waals surface area contributed by atoms with Crippen molar-refractivity contribution in [1.29, 1.82) is 0 Å². The van der Waals surface area contributed by atoms with Crippen LogP contribution < -0.4 is 10.2 Å². The van der Waals surface area contributed by atoms with Gasteiger partial charge in [-0.1, -0.05) is 11.6 Å². The molecule has 0 spiro atoms. The predicted octanol–water partition coefficient (Wildman–Crippen LogP) is 4.08. The quantitative estimate of drug-likeness (QED) is 0.903. The van der Waals surface area contributed by atoms with E-state index in [1.54, 1.807) is 6.07 Å². The van der Waals surface area contributed by atoms with E-state index in [2.05, 4.69) is 5.32 Å². The molecule has 21 heavy (non-hydrogen) atoms. The molecule has 0 aromatic heterocycles. The van der Waals surface area contributed by atoms with Crippen LogP contribution in [0.5, 0.6) is 0 Å². The van der Waals surface area contributed by atoms with E-state index in [1.165, 1.54) is 25.0 Å². The zero-order chi connectivity index (χ0) is 15.0. The summed E-state index contributed by atoms with van der Waals surface area (Å²) >= 11 is 5.67. The van der Waals surface area contributed by atoms with E-state index >= 15 is 0 Å². The second-order valence-electron chi connectivity index (χ2n) is 5.89. The van der Waals surface area contributed by atoms with Gasteiger partial charge < -0.3 is 10.2 Å². The van der Waals surface area contributed by atoms with Crippen molar-refractivity contribution in [3.05, 3.63) is 28.8 Å². The molecular formula is C15H18ClF3N2. The van der Waals surface area contributed by atoms with Crippen LogP contribution in [0.25, 0.3) is 0 Å². The van der Waals surface area contributed by atoms with Gasteiger partial charge in [-0.3, -0.25) is 0 Å². The van der Waals surface area contributed by atoms with Gasteiger partial charge in [0.15, 0.2) is 0 Å². The Balaban J connectivity index is 1.76. The van der Waals surface area contributed by atoms with E-state index in [1.807, 2.05) is 4.90 Å². The van der Waals surface area contributed by atoms with Crippen LogP contribution in [0, 0.1) is 0 Å². The second-order valence-corrected chi connectivity index (χ2v) is 6.30. The molecular weight excluding hydrogens is 301 g/mol. The Bertz CT molecular complexity index is 514. The number of nitrogens with zero attached hydrogens (tertiary/aromatic N) is 1. The lowest BCUT2D eigenvalue weighted by molar-refractivity contribution is -0.137. The minimum atomic E-state index is -4.41. The van der Waals surface area contributed by atoms with Crippen LogP contribution in [0.3, 0.4) is 0 Å². The molecule has 6 heteroatoms. The van der Waals surface area contributed by atoms with Crippen molar-refractivity contribution >= 4 is 17.3 Å². The van der Waals surface area contributed by atoms with Crippen molar-refractivity contribution in [3.63, 3.8) is 0 Å². The highest BCUT2D eigenvalue weighted by atomic mass is 35.5. The average molecular weight is 319 g/mol. The first kappa shape index (κ1) is 15.0. The van der Waals surface area contributed by atoms with Crippen molar-refractivity contribution in [2.45, 2.75) is 43.9 Å². The van der Waals surface area contributed by atoms with E-state index in [9.17, 15) is 13.2 Å². The van der Waals surface area contributed by atoms with Gasteiger partial charge in [0.2, 0.25) is 0 Å². The molecule has 0 radical (unpaired) electrons. The Labute approximate surface area is 127 Å². The third-order valence-corrected chi connectivity index (χ3v) is 4.42. The maximum atomic E-state index is 12.9. The topological polar surface area (TPSA) is 15.3 Å². The van der Waals surface area contributed by atoms with E-state index in [0.717, 1.165) is 25.9 Å². The van der Waals surface area contributed by atoms with E-state index in [0.29, 0.717) is 17.8 Å². The summed E-state index contributed by atoms with van der Waals surface area (Å²) in [4.78, 5) is 2.02. The minimum Gasteiger partial charge on any atom is -0.370 e. The molecule has 1 heterocycles. The summed E-state index contributed by atoms with van der Waals surface area (Å²) in [7, 11) is 0. The molecule has 1 aliphatic carbocycles. The lowest BCUT2D eigenvalue weighted by Gasteiger charge is -2.35. The molecule has 1 aromatic rings. The molecule has 1 atom stereocenters. The molecule has 1 unspecified atom stereocenters. The summed E-state index contributed by atoms with van der Waals surface area (Å²) in [5.74, 6) is 0. The summed E-state index contributed by atoms with van der Waals surface area (Å²) in [5.41, 5.74) is -0.145. The summed E-state index contributed by atoms with van der Waals surface area (Å²) in [6, 6.07) is 5.18. The molecule has 2 fully saturated rings. The number of nitrogens with one attached hydrogen (secondary N) is 1. The van der Waals surface area contributed by atoms with Crippen LogP contribution in [0.2, 0.25) is 5.02 Å². The summed E-state index contributed by atoms with van der Waals surface area (Å²) in [5, 5.41) is 3.32. The molecule has 0 bridgehead atoms. The van der Waals surface area contributed by atoms with E-state index in [4.69, 9.17) is 11.6 Å². The number of hydrogen-bond acceptors (Lipinski definition) is 2. The van der Waals surface area contributed by atoms with Gasteiger partial charge in [0, 0.05) is 30.9 Å².